The van der Waals surface area contributed by atoms with Crippen LogP contribution in [0.3, 0.4) is 0 Å². The van der Waals surface area contributed by atoms with Crippen molar-refractivity contribution in [3.05, 3.63) is 17.2 Å². The lowest BCUT2D eigenvalue weighted by Gasteiger charge is -2.45. The van der Waals surface area contributed by atoms with Crippen molar-refractivity contribution in [1.82, 2.24) is 4.90 Å². The van der Waals surface area contributed by atoms with Crippen LogP contribution >= 0.6 is 0 Å². The van der Waals surface area contributed by atoms with Crippen LogP contribution in [0.5, 0.6) is 17.2 Å². The molecule has 1 atom stereocenters. The van der Waals surface area contributed by atoms with Crippen LogP contribution in [-0.2, 0) is 25.5 Å². The van der Waals surface area contributed by atoms with Crippen LogP contribution < -0.4 is 14.2 Å². The minimum absolute atomic E-state index is 0.230. The van der Waals surface area contributed by atoms with Gasteiger partial charge in [0.1, 0.15) is 0 Å². The highest BCUT2D eigenvalue weighted by molar-refractivity contribution is 5.78. The lowest BCUT2D eigenvalue weighted by molar-refractivity contribution is -0.158. The molecule has 0 amide bonds. The number of hydrogen-bond donors (Lipinski definition) is 0. The van der Waals surface area contributed by atoms with Gasteiger partial charge in [0.25, 0.3) is 0 Å². The number of esters is 2. The lowest BCUT2D eigenvalue weighted by Crippen LogP contribution is -2.47. The maximum absolute atomic E-state index is 13.0. The number of carbonyl (C=O) groups excluding carboxylic acids is 2. The van der Waals surface area contributed by atoms with E-state index in [1.54, 1.807) is 35.2 Å². The molecule has 0 radical (unpaired) electrons. The number of ether oxygens (including phenoxy) is 5. The van der Waals surface area contributed by atoms with Crippen molar-refractivity contribution < 1.29 is 33.3 Å². The molecule has 8 nitrogen and oxygen atoms in total. The van der Waals surface area contributed by atoms with E-state index in [1.807, 2.05) is 19.9 Å². The average molecular weight is 438 g/mol. The SMILES string of the molecule is CCOC(=O)CCN1CCc2cc(OC)c(OC)c(OC)c2C1C(C)(C)C(=O)OCC. The third kappa shape index (κ3) is 5.06. The predicted molar refractivity (Wildman–Crippen MR) is 116 cm³/mol. The molecule has 0 bridgehead atoms. The molecule has 31 heavy (non-hydrogen) atoms. The summed E-state index contributed by atoms with van der Waals surface area (Å²) < 4.78 is 27.4. The molecule has 0 saturated carbocycles. The molecule has 8 heteroatoms. The summed E-state index contributed by atoms with van der Waals surface area (Å²) in [5.41, 5.74) is 0.963. The highest BCUT2D eigenvalue weighted by Gasteiger charge is 2.47. The number of hydrogen-bond acceptors (Lipinski definition) is 8. The zero-order valence-corrected chi connectivity index (χ0v) is 19.7. The van der Waals surface area contributed by atoms with Crippen LogP contribution in [0, 0.1) is 5.41 Å². The molecule has 1 aliphatic rings. The van der Waals surface area contributed by atoms with Gasteiger partial charge in [0, 0.05) is 18.7 Å². The van der Waals surface area contributed by atoms with Gasteiger partial charge in [0.15, 0.2) is 11.5 Å². The molecule has 0 fully saturated rings. The topological polar surface area (TPSA) is 83.5 Å². The standard InChI is InChI=1S/C23H35NO7/c1-8-30-17(25)11-13-24-12-10-15-14-16(27-5)19(28-6)20(29-7)18(15)21(24)23(3,4)22(26)31-9-2/h14,21H,8-13H2,1-7H3. The Hall–Kier alpha value is -2.48. The first kappa shape index (κ1) is 24.8. The fraction of sp³-hybridized carbons (Fsp3) is 0.652. The van der Waals surface area contributed by atoms with E-state index in [-0.39, 0.29) is 31.0 Å². The zero-order chi connectivity index (χ0) is 23.2. The molecule has 1 aromatic rings. The quantitative estimate of drug-likeness (QED) is 0.516. The maximum atomic E-state index is 13.0. The summed E-state index contributed by atoms with van der Waals surface area (Å²) in [7, 11) is 4.71. The number of benzene rings is 1. The Morgan fingerprint density at radius 1 is 1.03 bits per heavy atom. The minimum atomic E-state index is -0.910. The summed E-state index contributed by atoms with van der Waals surface area (Å²) in [5, 5.41) is 0. The van der Waals surface area contributed by atoms with Gasteiger partial charge in [-0.05, 0) is 45.7 Å². The smallest absolute Gasteiger partial charge is 0.313 e. The molecule has 0 spiro atoms. The predicted octanol–water partition coefficient (Wildman–Crippen LogP) is 3.15. The number of fused-ring (bicyclic) bond motifs is 1. The van der Waals surface area contributed by atoms with Gasteiger partial charge >= 0.3 is 11.9 Å². The molecular formula is C23H35NO7. The van der Waals surface area contributed by atoms with Crippen LogP contribution in [0.4, 0.5) is 0 Å². The first-order chi connectivity index (χ1) is 14.8. The summed E-state index contributed by atoms with van der Waals surface area (Å²) in [4.78, 5) is 27.2. The van der Waals surface area contributed by atoms with Gasteiger partial charge in [-0.1, -0.05) is 0 Å². The van der Waals surface area contributed by atoms with Gasteiger partial charge < -0.3 is 23.7 Å². The molecule has 0 N–H and O–H groups in total. The van der Waals surface area contributed by atoms with E-state index in [4.69, 9.17) is 23.7 Å². The maximum Gasteiger partial charge on any atom is 0.313 e. The van der Waals surface area contributed by atoms with Crippen LogP contribution in [0.1, 0.15) is 51.3 Å². The number of rotatable bonds is 10. The fourth-order valence-electron chi connectivity index (χ4n) is 4.27. The van der Waals surface area contributed by atoms with E-state index in [9.17, 15) is 9.59 Å². The van der Waals surface area contributed by atoms with Crippen LogP contribution in [0.15, 0.2) is 6.07 Å². The van der Waals surface area contributed by atoms with Crippen molar-refractivity contribution >= 4 is 11.9 Å². The highest BCUT2D eigenvalue weighted by Crippen LogP contribution is 2.52. The monoisotopic (exact) mass is 437 g/mol. The normalized spacial score (nSPS) is 16.3. The van der Waals surface area contributed by atoms with Crippen molar-refractivity contribution in [3.8, 4) is 17.2 Å². The highest BCUT2D eigenvalue weighted by atomic mass is 16.5. The number of carbonyl (C=O) groups is 2. The van der Waals surface area contributed by atoms with E-state index >= 15 is 0 Å². The third-order valence-corrected chi connectivity index (χ3v) is 5.65. The van der Waals surface area contributed by atoms with Crippen molar-refractivity contribution in [3.63, 3.8) is 0 Å². The van der Waals surface area contributed by atoms with Crippen LogP contribution in [0.2, 0.25) is 0 Å². The van der Waals surface area contributed by atoms with Gasteiger partial charge in [-0.2, -0.15) is 0 Å². The molecule has 174 valence electrons. The second kappa shape index (κ2) is 10.7. The zero-order valence-electron chi connectivity index (χ0n) is 19.7. The van der Waals surface area contributed by atoms with Crippen LogP contribution in [0.25, 0.3) is 0 Å². The Kier molecular flexibility index (Phi) is 8.56. The Morgan fingerprint density at radius 2 is 1.68 bits per heavy atom. The van der Waals surface area contributed by atoms with Crippen molar-refractivity contribution in [2.24, 2.45) is 5.41 Å². The molecule has 1 aromatic carbocycles. The van der Waals surface area contributed by atoms with E-state index < -0.39 is 5.41 Å². The van der Waals surface area contributed by atoms with Crippen molar-refractivity contribution in [2.75, 3.05) is 47.6 Å². The van der Waals surface area contributed by atoms with Gasteiger partial charge in [0.2, 0.25) is 5.75 Å². The Balaban J connectivity index is 2.62. The van der Waals surface area contributed by atoms with E-state index in [2.05, 4.69) is 4.90 Å². The Labute approximate surface area is 184 Å². The summed E-state index contributed by atoms with van der Waals surface area (Å²) >= 11 is 0. The van der Waals surface area contributed by atoms with Gasteiger partial charge in [-0.3, -0.25) is 14.5 Å². The first-order valence-corrected chi connectivity index (χ1v) is 10.6. The summed E-state index contributed by atoms with van der Waals surface area (Å²) in [6.45, 7) is 9.03. The molecule has 0 aromatic heterocycles. The first-order valence-electron chi connectivity index (χ1n) is 10.6. The van der Waals surface area contributed by atoms with Gasteiger partial charge in [-0.25, -0.2) is 0 Å². The third-order valence-electron chi connectivity index (χ3n) is 5.65. The number of nitrogens with zero attached hydrogens (tertiary/aromatic N) is 1. The Bertz CT molecular complexity index is 791. The molecular weight excluding hydrogens is 402 g/mol. The van der Waals surface area contributed by atoms with Crippen molar-refractivity contribution in [2.45, 2.75) is 46.6 Å². The second-order valence-electron chi connectivity index (χ2n) is 7.90. The molecule has 1 unspecified atom stereocenters. The average Bonchev–Trinajstić information content (AvgIpc) is 2.75. The molecule has 0 aliphatic carbocycles. The van der Waals surface area contributed by atoms with Crippen LogP contribution in [-0.4, -0.2) is 64.5 Å². The van der Waals surface area contributed by atoms with Gasteiger partial charge in [0.05, 0.1) is 52.4 Å². The summed E-state index contributed by atoms with van der Waals surface area (Å²) in [6.07, 6.45) is 0.943. The minimum Gasteiger partial charge on any atom is -0.493 e. The molecule has 2 rings (SSSR count). The molecule has 1 heterocycles. The van der Waals surface area contributed by atoms with Gasteiger partial charge in [-0.15, -0.1) is 0 Å². The van der Waals surface area contributed by atoms with E-state index in [1.165, 1.54) is 0 Å². The lowest BCUT2D eigenvalue weighted by atomic mass is 9.75. The van der Waals surface area contributed by atoms with Crippen molar-refractivity contribution in [1.29, 1.82) is 0 Å². The second-order valence-corrected chi connectivity index (χ2v) is 7.90. The summed E-state index contributed by atoms with van der Waals surface area (Å²) in [5.74, 6) is 0.998. The largest absolute Gasteiger partial charge is 0.493 e. The molecule has 0 saturated heterocycles. The Morgan fingerprint density at radius 3 is 2.23 bits per heavy atom. The number of methoxy groups -OCH3 is 3. The van der Waals surface area contributed by atoms with E-state index in [0.717, 1.165) is 11.1 Å². The fourth-order valence-corrected chi connectivity index (χ4v) is 4.27. The summed E-state index contributed by atoms with van der Waals surface area (Å²) in [6, 6.07) is 1.55. The van der Waals surface area contributed by atoms with E-state index in [0.29, 0.717) is 43.4 Å². The molecule has 1 aliphatic heterocycles.